The summed E-state index contributed by atoms with van der Waals surface area (Å²) in [6.07, 6.45) is -2.25. The maximum Gasteiger partial charge on any atom is 0.416 e. The Labute approximate surface area is 215 Å². The van der Waals surface area contributed by atoms with E-state index < -0.39 is 46.8 Å². The van der Waals surface area contributed by atoms with E-state index >= 15 is 0 Å². The van der Waals surface area contributed by atoms with Gasteiger partial charge >= 0.3 is 6.18 Å². The Morgan fingerprint density at radius 1 is 1.05 bits per heavy atom. The van der Waals surface area contributed by atoms with Crippen LogP contribution in [0.1, 0.15) is 43.4 Å². The van der Waals surface area contributed by atoms with Crippen LogP contribution in [0.25, 0.3) is 0 Å². The van der Waals surface area contributed by atoms with Gasteiger partial charge in [0.15, 0.2) is 0 Å². The largest absolute Gasteiger partial charge is 0.432 e. The molecular formula is C25H14ClF5N4O3. The van der Waals surface area contributed by atoms with Crippen LogP contribution in [0.5, 0.6) is 0 Å². The number of hydrogen-bond donors (Lipinski definition) is 3. The minimum Gasteiger partial charge on any atom is -0.432 e. The second-order valence-corrected chi connectivity index (χ2v) is 8.61. The van der Waals surface area contributed by atoms with Crippen LogP contribution in [0, 0.1) is 11.6 Å². The molecule has 0 aliphatic carbocycles. The highest BCUT2D eigenvalue weighted by atomic mass is 35.5. The van der Waals surface area contributed by atoms with Crippen molar-refractivity contribution >= 4 is 40.8 Å². The summed E-state index contributed by atoms with van der Waals surface area (Å²) in [5.74, 6) is -3.59. The van der Waals surface area contributed by atoms with Gasteiger partial charge in [0.1, 0.15) is 17.9 Å². The minimum absolute atomic E-state index is 0.0388. The molecule has 2 amide bonds. The Hall–Kier alpha value is -4.45. The number of amides is 2. The molecule has 7 nitrogen and oxygen atoms in total. The summed E-state index contributed by atoms with van der Waals surface area (Å²) in [5, 5.41) is 8.02. The van der Waals surface area contributed by atoms with E-state index in [-0.39, 0.29) is 45.2 Å². The molecule has 13 heteroatoms. The van der Waals surface area contributed by atoms with Crippen molar-refractivity contribution in [2.24, 2.45) is 0 Å². The highest BCUT2D eigenvalue weighted by Gasteiger charge is 2.36. The van der Waals surface area contributed by atoms with Gasteiger partial charge in [-0.3, -0.25) is 9.59 Å². The molecule has 1 unspecified atom stereocenters. The van der Waals surface area contributed by atoms with E-state index in [4.69, 9.17) is 16.0 Å². The van der Waals surface area contributed by atoms with Gasteiger partial charge in [0.25, 0.3) is 17.8 Å². The molecule has 2 heterocycles. The number of rotatable bonds is 5. The number of nitrogens with one attached hydrogen (secondary N) is 3. The molecule has 0 saturated heterocycles. The fourth-order valence-electron chi connectivity index (χ4n) is 4.07. The van der Waals surface area contributed by atoms with E-state index in [0.29, 0.717) is 12.1 Å². The van der Waals surface area contributed by atoms with Crippen LogP contribution in [0.4, 0.5) is 39.3 Å². The van der Waals surface area contributed by atoms with Crippen molar-refractivity contribution < 1.29 is 36.0 Å². The van der Waals surface area contributed by atoms with Crippen molar-refractivity contribution in [2.75, 3.05) is 10.6 Å². The van der Waals surface area contributed by atoms with Gasteiger partial charge in [0.05, 0.1) is 17.8 Å². The monoisotopic (exact) mass is 548 g/mol. The third-order valence-electron chi connectivity index (χ3n) is 5.68. The maximum atomic E-state index is 14.1. The zero-order valence-corrected chi connectivity index (χ0v) is 19.5. The first kappa shape index (κ1) is 25.2. The molecule has 0 bridgehead atoms. The minimum atomic E-state index is -4.90. The van der Waals surface area contributed by atoms with Gasteiger partial charge < -0.3 is 20.4 Å². The van der Waals surface area contributed by atoms with Gasteiger partial charge in [-0.2, -0.15) is 13.2 Å². The number of carbonyl (C=O) groups is 2. The predicted molar refractivity (Wildman–Crippen MR) is 126 cm³/mol. The molecule has 38 heavy (non-hydrogen) atoms. The summed E-state index contributed by atoms with van der Waals surface area (Å²) in [7, 11) is 0. The number of benzene rings is 3. The summed E-state index contributed by atoms with van der Waals surface area (Å²) >= 11 is 6.26. The highest BCUT2D eigenvalue weighted by molar-refractivity contribution is 6.31. The SMILES string of the molecule is O=C(Nc1cc(Nc2ncco2)cc2c1C(c1cc(F)ccc1Cl)NC2=O)c1cc(F)cc(C(F)(F)F)c1. The second kappa shape index (κ2) is 9.45. The Morgan fingerprint density at radius 3 is 2.55 bits per heavy atom. The molecule has 0 saturated carbocycles. The van der Waals surface area contributed by atoms with E-state index in [2.05, 4.69) is 20.9 Å². The molecule has 0 radical (unpaired) electrons. The molecule has 1 aliphatic rings. The van der Waals surface area contributed by atoms with Crippen LogP contribution in [0.3, 0.4) is 0 Å². The quantitative estimate of drug-likeness (QED) is 0.249. The van der Waals surface area contributed by atoms with Crippen molar-refractivity contribution in [1.82, 2.24) is 10.3 Å². The van der Waals surface area contributed by atoms with E-state index in [1.54, 1.807) is 0 Å². The van der Waals surface area contributed by atoms with Gasteiger partial charge in [0.2, 0.25) is 0 Å². The number of carbonyl (C=O) groups excluding carboxylic acids is 2. The molecular weight excluding hydrogens is 535 g/mol. The van der Waals surface area contributed by atoms with Gasteiger partial charge in [-0.05, 0) is 48.5 Å². The molecule has 0 fully saturated rings. The molecule has 5 rings (SSSR count). The topological polar surface area (TPSA) is 96.3 Å². The number of anilines is 3. The molecule has 1 aliphatic heterocycles. The van der Waals surface area contributed by atoms with Crippen LogP contribution in [-0.4, -0.2) is 16.8 Å². The van der Waals surface area contributed by atoms with Crippen LogP contribution < -0.4 is 16.0 Å². The van der Waals surface area contributed by atoms with Crippen LogP contribution in [-0.2, 0) is 6.18 Å². The van der Waals surface area contributed by atoms with Crippen LogP contribution in [0.2, 0.25) is 5.02 Å². The number of alkyl halides is 3. The number of hydrogen-bond acceptors (Lipinski definition) is 5. The summed E-state index contributed by atoms with van der Waals surface area (Å²) in [4.78, 5) is 29.9. The Morgan fingerprint density at radius 2 is 1.84 bits per heavy atom. The first-order valence-corrected chi connectivity index (χ1v) is 11.2. The van der Waals surface area contributed by atoms with E-state index in [1.165, 1.54) is 30.7 Å². The third kappa shape index (κ3) is 4.90. The highest BCUT2D eigenvalue weighted by Crippen LogP contribution is 2.41. The van der Waals surface area contributed by atoms with Gasteiger partial charge in [0, 0.05) is 38.7 Å². The number of halogens is 6. The third-order valence-corrected chi connectivity index (χ3v) is 6.02. The number of aromatic nitrogens is 1. The Kier molecular flexibility index (Phi) is 6.27. The van der Waals surface area contributed by atoms with E-state index in [1.807, 2.05) is 0 Å². The summed E-state index contributed by atoms with van der Waals surface area (Å²) in [6, 6.07) is 6.73. The van der Waals surface area contributed by atoms with Gasteiger partial charge in [-0.1, -0.05) is 11.6 Å². The Balaban J connectivity index is 1.61. The number of nitrogens with zero attached hydrogens (tertiary/aromatic N) is 1. The van der Waals surface area contributed by atoms with E-state index in [9.17, 15) is 31.5 Å². The second-order valence-electron chi connectivity index (χ2n) is 8.20. The number of fused-ring (bicyclic) bond motifs is 1. The fourth-order valence-corrected chi connectivity index (χ4v) is 4.29. The lowest BCUT2D eigenvalue weighted by Gasteiger charge is -2.19. The normalized spacial score (nSPS) is 14.7. The number of oxazole rings is 1. The van der Waals surface area contributed by atoms with Crippen LogP contribution in [0.15, 0.2) is 65.4 Å². The molecule has 194 valence electrons. The van der Waals surface area contributed by atoms with Crippen molar-refractivity contribution in [2.45, 2.75) is 12.2 Å². The summed E-state index contributed by atoms with van der Waals surface area (Å²) in [6.45, 7) is 0. The van der Waals surface area contributed by atoms with Crippen molar-refractivity contribution in [1.29, 1.82) is 0 Å². The first-order valence-electron chi connectivity index (χ1n) is 10.8. The smallest absolute Gasteiger partial charge is 0.416 e. The summed E-state index contributed by atoms with van der Waals surface area (Å²) < 4.78 is 72.7. The lowest BCUT2D eigenvalue weighted by atomic mass is 9.95. The van der Waals surface area contributed by atoms with Gasteiger partial charge in [-0.25, -0.2) is 13.8 Å². The van der Waals surface area contributed by atoms with Crippen molar-refractivity contribution in [3.8, 4) is 0 Å². The average molecular weight is 549 g/mol. The zero-order chi connectivity index (χ0) is 27.2. The fraction of sp³-hybridized carbons (Fsp3) is 0.0800. The molecule has 0 spiro atoms. The molecule has 3 N–H and O–H groups in total. The van der Waals surface area contributed by atoms with Crippen molar-refractivity contribution in [3.63, 3.8) is 0 Å². The Bertz CT molecular complexity index is 1570. The standard InChI is InChI=1S/C25H14ClF5N4O3/c26-18-2-1-13(27)8-16(18)21-20-17(23(37)35-21)9-15(33-24-32-3-4-38-24)10-19(20)34-22(36)11-5-12(25(29,30)31)7-14(28)6-11/h1-10,21H,(H,32,33)(H,34,36)(H,35,37). The predicted octanol–water partition coefficient (Wildman–Crippen LogP) is 6.45. The molecule has 4 aromatic rings. The average Bonchev–Trinajstić information content (AvgIpc) is 3.47. The maximum absolute atomic E-state index is 14.1. The van der Waals surface area contributed by atoms with Crippen LogP contribution >= 0.6 is 11.6 Å². The zero-order valence-electron chi connectivity index (χ0n) is 18.8. The lowest BCUT2D eigenvalue weighted by Crippen LogP contribution is -2.21. The van der Waals surface area contributed by atoms with Crippen molar-refractivity contribution in [3.05, 3.63) is 105 Å². The molecule has 1 aromatic heterocycles. The molecule has 1 atom stereocenters. The summed E-state index contributed by atoms with van der Waals surface area (Å²) in [5.41, 5.74) is -1.39. The van der Waals surface area contributed by atoms with E-state index in [0.717, 1.165) is 12.1 Å². The molecule has 3 aromatic carbocycles. The lowest BCUT2D eigenvalue weighted by molar-refractivity contribution is -0.137. The first-order chi connectivity index (χ1) is 18.0. The van der Waals surface area contributed by atoms with Gasteiger partial charge in [-0.15, -0.1) is 0 Å².